The number of likely N-dealkylation sites (N-methyl/N-ethyl adjacent to an activating group) is 1. The third-order valence-corrected chi connectivity index (χ3v) is 4.44. The standard InChI is InChI=1S/C19H22BrN3O2/c1-14(15-8-4-3-5-9-15)21-18(24)12-23(2)13-19(25)22-17-11-7-6-10-16(17)20/h3-11,14H,12-13H2,1-2H3,(H,21,24)(H,22,25)/p+1/t14-/m0/s1. The fourth-order valence-corrected chi connectivity index (χ4v) is 2.87. The van der Waals surface area contributed by atoms with E-state index in [1.807, 2.05) is 68.6 Å². The van der Waals surface area contributed by atoms with Gasteiger partial charge in [-0.05, 0) is 40.5 Å². The van der Waals surface area contributed by atoms with Crippen LogP contribution in [0.1, 0.15) is 18.5 Å². The summed E-state index contributed by atoms with van der Waals surface area (Å²) in [6.07, 6.45) is 0. The molecule has 25 heavy (non-hydrogen) atoms. The summed E-state index contributed by atoms with van der Waals surface area (Å²) in [5.74, 6) is -0.212. The summed E-state index contributed by atoms with van der Waals surface area (Å²) in [5, 5.41) is 5.80. The zero-order valence-corrected chi connectivity index (χ0v) is 16.0. The second-order valence-corrected chi connectivity index (χ2v) is 6.89. The van der Waals surface area contributed by atoms with Gasteiger partial charge in [-0.3, -0.25) is 9.59 Å². The summed E-state index contributed by atoms with van der Waals surface area (Å²) in [6.45, 7) is 2.40. The van der Waals surface area contributed by atoms with Gasteiger partial charge in [-0.2, -0.15) is 0 Å². The number of carbonyl (C=O) groups excluding carboxylic acids is 2. The van der Waals surface area contributed by atoms with Crippen LogP contribution >= 0.6 is 15.9 Å². The minimum absolute atomic E-state index is 0.0596. The number of quaternary nitrogens is 1. The molecule has 2 rings (SSSR count). The maximum Gasteiger partial charge on any atom is 0.279 e. The summed E-state index contributed by atoms with van der Waals surface area (Å²) in [7, 11) is 1.83. The smallest absolute Gasteiger partial charge is 0.279 e. The molecule has 5 nitrogen and oxygen atoms in total. The molecule has 6 heteroatoms. The Morgan fingerprint density at radius 3 is 2.28 bits per heavy atom. The van der Waals surface area contributed by atoms with Crippen LogP contribution in [-0.2, 0) is 9.59 Å². The quantitative estimate of drug-likeness (QED) is 0.658. The molecule has 1 unspecified atom stereocenters. The fourth-order valence-electron chi connectivity index (χ4n) is 2.49. The van der Waals surface area contributed by atoms with Crippen LogP contribution in [0.15, 0.2) is 59.1 Å². The number of benzene rings is 2. The molecule has 0 saturated heterocycles. The minimum Gasteiger partial charge on any atom is -0.345 e. The number of halogens is 1. The van der Waals surface area contributed by atoms with Crippen molar-refractivity contribution in [1.82, 2.24) is 5.32 Å². The van der Waals surface area contributed by atoms with Gasteiger partial charge >= 0.3 is 0 Å². The lowest BCUT2D eigenvalue weighted by Gasteiger charge is -2.17. The first-order valence-corrected chi connectivity index (χ1v) is 8.95. The van der Waals surface area contributed by atoms with Gasteiger partial charge in [-0.1, -0.05) is 42.5 Å². The highest BCUT2D eigenvalue weighted by Crippen LogP contribution is 2.20. The molecular weight excluding hydrogens is 382 g/mol. The fraction of sp³-hybridized carbons (Fsp3) is 0.263. The van der Waals surface area contributed by atoms with Gasteiger partial charge in [0.1, 0.15) is 0 Å². The van der Waals surface area contributed by atoms with Crippen LogP contribution in [0, 0.1) is 0 Å². The van der Waals surface area contributed by atoms with Gasteiger partial charge in [0.2, 0.25) is 0 Å². The van der Waals surface area contributed by atoms with Crippen LogP contribution in [0.2, 0.25) is 0 Å². The first-order chi connectivity index (χ1) is 12.0. The van der Waals surface area contributed by atoms with Crippen molar-refractivity contribution in [2.45, 2.75) is 13.0 Å². The molecule has 0 fully saturated rings. The molecule has 3 N–H and O–H groups in total. The lowest BCUT2D eigenvalue weighted by Crippen LogP contribution is -3.11. The molecular formula is C19H23BrN3O2+. The second-order valence-electron chi connectivity index (χ2n) is 6.04. The van der Waals surface area contributed by atoms with Crippen molar-refractivity contribution >= 4 is 33.4 Å². The molecule has 0 spiro atoms. The van der Waals surface area contributed by atoms with E-state index in [0.29, 0.717) is 0 Å². The maximum absolute atomic E-state index is 12.2. The Morgan fingerprint density at radius 2 is 1.60 bits per heavy atom. The van der Waals surface area contributed by atoms with E-state index in [4.69, 9.17) is 0 Å². The minimum atomic E-state index is -0.131. The molecule has 2 amide bonds. The SMILES string of the molecule is C[C@H](NC(=O)C[NH+](C)CC(=O)Nc1ccccc1Br)c1ccccc1. The monoisotopic (exact) mass is 404 g/mol. The number of hydrogen-bond acceptors (Lipinski definition) is 2. The van der Waals surface area contributed by atoms with E-state index in [1.165, 1.54) is 0 Å². The summed E-state index contributed by atoms with van der Waals surface area (Å²) < 4.78 is 0.829. The van der Waals surface area contributed by atoms with E-state index in [2.05, 4.69) is 26.6 Å². The molecule has 0 heterocycles. The molecule has 2 atom stereocenters. The van der Waals surface area contributed by atoms with E-state index >= 15 is 0 Å². The average Bonchev–Trinajstić information content (AvgIpc) is 2.57. The topological polar surface area (TPSA) is 62.6 Å². The first kappa shape index (κ1) is 19.1. The van der Waals surface area contributed by atoms with Crippen LogP contribution in [0.25, 0.3) is 0 Å². The molecule has 0 bridgehead atoms. The Balaban J connectivity index is 1.79. The first-order valence-electron chi connectivity index (χ1n) is 8.15. The van der Waals surface area contributed by atoms with Crippen LogP contribution in [0.3, 0.4) is 0 Å². The predicted octanol–water partition coefficient (Wildman–Crippen LogP) is 1.78. The number of rotatable bonds is 7. The third-order valence-electron chi connectivity index (χ3n) is 3.75. The van der Waals surface area contributed by atoms with Gasteiger partial charge in [0.25, 0.3) is 11.8 Å². The van der Waals surface area contributed by atoms with Crippen molar-refractivity contribution in [1.29, 1.82) is 0 Å². The number of carbonyl (C=O) groups is 2. The van der Waals surface area contributed by atoms with Gasteiger partial charge in [0.15, 0.2) is 13.1 Å². The zero-order valence-electron chi connectivity index (χ0n) is 14.4. The van der Waals surface area contributed by atoms with Crippen LogP contribution in [0.4, 0.5) is 5.69 Å². The summed E-state index contributed by atoms with van der Waals surface area (Å²) >= 11 is 3.39. The Morgan fingerprint density at radius 1 is 1.00 bits per heavy atom. The summed E-state index contributed by atoms with van der Waals surface area (Å²) in [6, 6.07) is 17.2. The van der Waals surface area contributed by atoms with Crippen molar-refractivity contribution < 1.29 is 14.5 Å². The number of amides is 2. The van der Waals surface area contributed by atoms with Crippen molar-refractivity contribution in [2.24, 2.45) is 0 Å². The molecule has 0 aliphatic heterocycles. The zero-order chi connectivity index (χ0) is 18.2. The number of anilines is 1. The van der Waals surface area contributed by atoms with Gasteiger partial charge in [-0.15, -0.1) is 0 Å². The molecule has 2 aromatic carbocycles. The largest absolute Gasteiger partial charge is 0.345 e. The highest BCUT2D eigenvalue weighted by Gasteiger charge is 2.16. The van der Waals surface area contributed by atoms with E-state index in [-0.39, 0.29) is 30.9 Å². The van der Waals surface area contributed by atoms with Gasteiger partial charge in [-0.25, -0.2) is 0 Å². The van der Waals surface area contributed by atoms with Crippen LogP contribution < -0.4 is 15.5 Å². The number of nitrogens with one attached hydrogen (secondary N) is 3. The molecule has 2 aromatic rings. The predicted molar refractivity (Wildman–Crippen MR) is 102 cm³/mol. The molecule has 0 aliphatic rings. The van der Waals surface area contributed by atoms with Crippen molar-refractivity contribution in [2.75, 3.05) is 25.5 Å². The van der Waals surface area contributed by atoms with Gasteiger partial charge in [0.05, 0.1) is 18.8 Å². The van der Waals surface area contributed by atoms with Crippen molar-refractivity contribution in [3.8, 4) is 0 Å². The lowest BCUT2D eigenvalue weighted by molar-refractivity contribution is -0.862. The Kier molecular flexibility index (Phi) is 7.16. The Hall–Kier alpha value is -2.18. The van der Waals surface area contributed by atoms with Gasteiger partial charge in [0, 0.05) is 4.47 Å². The van der Waals surface area contributed by atoms with E-state index in [9.17, 15) is 9.59 Å². The highest BCUT2D eigenvalue weighted by atomic mass is 79.9. The second kappa shape index (κ2) is 9.34. The van der Waals surface area contributed by atoms with Crippen molar-refractivity contribution in [3.05, 3.63) is 64.6 Å². The average molecular weight is 405 g/mol. The highest BCUT2D eigenvalue weighted by molar-refractivity contribution is 9.10. The normalized spacial score (nSPS) is 12.9. The molecule has 132 valence electrons. The van der Waals surface area contributed by atoms with Crippen LogP contribution in [0.5, 0.6) is 0 Å². The molecule has 0 aliphatic carbocycles. The number of para-hydroxylation sites is 1. The van der Waals surface area contributed by atoms with E-state index < -0.39 is 0 Å². The van der Waals surface area contributed by atoms with Crippen molar-refractivity contribution in [3.63, 3.8) is 0 Å². The maximum atomic E-state index is 12.2. The molecule has 0 aromatic heterocycles. The molecule has 0 saturated carbocycles. The van der Waals surface area contributed by atoms with E-state index in [0.717, 1.165) is 20.6 Å². The molecule has 0 radical (unpaired) electrons. The number of hydrogen-bond donors (Lipinski definition) is 3. The summed E-state index contributed by atoms with van der Waals surface area (Å²) in [4.78, 5) is 25.1. The Labute approximate surface area is 156 Å². The van der Waals surface area contributed by atoms with Crippen LogP contribution in [-0.4, -0.2) is 32.0 Å². The lowest BCUT2D eigenvalue weighted by atomic mass is 10.1. The third kappa shape index (κ3) is 6.32. The summed E-state index contributed by atoms with van der Waals surface area (Å²) in [5.41, 5.74) is 1.78. The Bertz CT molecular complexity index is 722. The van der Waals surface area contributed by atoms with E-state index in [1.54, 1.807) is 0 Å². The van der Waals surface area contributed by atoms with Gasteiger partial charge < -0.3 is 15.5 Å².